The van der Waals surface area contributed by atoms with Crippen LogP contribution >= 0.6 is 12.6 Å². The first-order valence-corrected chi connectivity index (χ1v) is 12.7. The summed E-state index contributed by atoms with van der Waals surface area (Å²) in [5.41, 5.74) is 6.03. The van der Waals surface area contributed by atoms with Crippen LogP contribution in [-0.4, -0.2) is 49.2 Å². The number of hydrogen-bond acceptors (Lipinski definition) is 8. The Bertz CT molecular complexity index is 1210. The van der Waals surface area contributed by atoms with Crippen LogP contribution in [0, 0.1) is 0 Å². The number of carbonyl (C=O) groups is 1. The van der Waals surface area contributed by atoms with E-state index in [2.05, 4.69) is 37.6 Å². The minimum Gasteiger partial charge on any atom is -0.468 e. The molecule has 0 bridgehead atoms. The number of unbranched alkanes of at least 4 members (excludes halogenated alkanes) is 2. The fourth-order valence-electron chi connectivity index (χ4n) is 4.08. The van der Waals surface area contributed by atoms with Gasteiger partial charge in [-0.05, 0) is 49.1 Å². The Balaban J connectivity index is 1.61. The van der Waals surface area contributed by atoms with Crippen LogP contribution in [0.1, 0.15) is 30.4 Å². The normalized spacial score (nSPS) is 11.4. The van der Waals surface area contributed by atoms with E-state index in [1.54, 1.807) is 18.2 Å². The summed E-state index contributed by atoms with van der Waals surface area (Å²) in [7, 11) is 1.35. The number of thiol groups is 1. The number of anilines is 2. The molecule has 0 aliphatic rings. The van der Waals surface area contributed by atoms with Gasteiger partial charge in [-0.15, -0.1) is 12.6 Å². The fraction of sp³-hybridized carbons (Fsp3) is 0.370. The standard InChI is InChI=1S/C27H32F3N5O2S/c1-37-25(36)18-32-15-17-35(23-11-7-12-24(38)34-23)16-6-2-3-8-19-9-4-5-10-20(19)26-21(27(28,29)30)13-14-22(31)33-26/h4-5,7,9-14,32H,2-3,6,8,15-18H2,1H3,(H2,31,33)(H,34,38). The quantitative estimate of drug-likeness (QED) is 0.157. The summed E-state index contributed by atoms with van der Waals surface area (Å²) in [6, 6.07) is 14.8. The predicted molar refractivity (Wildman–Crippen MR) is 145 cm³/mol. The number of methoxy groups -OCH3 is 1. The minimum absolute atomic E-state index is 0.0443. The monoisotopic (exact) mass is 547 g/mol. The zero-order valence-electron chi connectivity index (χ0n) is 21.2. The van der Waals surface area contributed by atoms with Crippen molar-refractivity contribution in [2.75, 3.05) is 43.9 Å². The number of aromatic nitrogens is 2. The van der Waals surface area contributed by atoms with Crippen LogP contribution in [0.2, 0.25) is 0 Å². The van der Waals surface area contributed by atoms with Crippen LogP contribution in [0.25, 0.3) is 11.3 Å². The number of nitrogen functional groups attached to an aromatic ring is 1. The maximum absolute atomic E-state index is 13.6. The van der Waals surface area contributed by atoms with Gasteiger partial charge in [-0.25, -0.2) is 9.97 Å². The summed E-state index contributed by atoms with van der Waals surface area (Å²) in [5.74, 6) is 0.501. The number of nitrogens with zero attached hydrogens (tertiary/aromatic N) is 3. The van der Waals surface area contributed by atoms with E-state index in [1.165, 1.54) is 13.2 Å². The molecule has 0 saturated heterocycles. The van der Waals surface area contributed by atoms with Gasteiger partial charge in [0.25, 0.3) is 0 Å². The number of nitrogens with one attached hydrogen (secondary N) is 1. The van der Waals surface area contributed by atoms with E-state index in [4.69, 9.17) is 5.73 Å². The van der Waals surface area contributed by atoms with E-state index < -0.39 is 11.7 Å². The minimum atomic E-state index is -4.53. The fourth-order valence-corrected chi connectivity index (χ4v) is 4.27. The zero-order chi connectivity index (χ0) is 27.5. The SMILES string of the molecule is COC(=O)CNCCN(CCCCCc1ccccc1-c1nc(N)ccc1C(F)(F)F)c1cccc(S)n1. The third-order valence-corrected chi connectivity index (χ3v) is 6.22. The second kappa shape index (κ2) is 14.0. The lowest BCUT2D eigenvalue weighted by molar-refractivity contribution is -0.139. The van der Waals surface area contributed by atoms with Gasteiger partial charge < -0.3 is 20.7 Å². The summed E-state index contributed by atoms with van der Waals surface area (Å²) >= 11 is 4.34. The van der Waals surface area contributed by atoms with Crippen LogP contribution in [0.15, 0.2) is 59.6 Å². The number of nitrogens with two attached hydrogens (primary N) is 1. The molecule has 11 heteroatoms. The van der Waals surface area contributed by atoms with Crippen molar-refractivity contribution in [2.24, 2.45) is 0 Å². The largest absolute Gasteiger partial charge is 0.468 e. The highest BCUT2D eigenvalue weighted by atomic mass is 32.1. The van der Waals surface area contributed by atoms with Crippen molar-refractivity contribution in [1.82, 2.24) is 15.3 Å². The van der Waals surface area contributed by atoms with Crippen molar-refractivity contribution in [3.8, 4) is 11.3 Å². The molecule has 0 radical (unpaired) electrons. The van der Waals surface area contributed by atoms with Crippen LogP contribution in [0.4, 0.5) is 24.8 Å². The van der Waals surface area contributed by atoms with E-state index in [0.717, 1.165) is 43.3 Å². The molecule has 7 nitrogen and oxygen atoms in total. The van der Waals surface area contributed by atoms with Crippen molar-refractivity contribution >= 4 is 30.2 Å². The first-order chi connectivity index (χ1) is 18.2. The first kappa shape index (κ1) is 29.2. The number of ether oxygens (including phenoxy) is 1. The number of esters is 1. The van der Waals surface area contributed by atoms with E-state index >= 15 is 0 Å². The molecular weight excluding hydrogens is 515 g/mol. The number of hydrogen-bond donors (Lipinski definition) is 3. The molecule has 3 rings (SSSR count). The molecule has 0 atom stereocenters. The number of benzene rings is 1. The van der Waals surface area contributed by atoms with Crippen LogP contribution in [-0.2, 0) is 22.1 Å². The van der Waals surface area contributed by atoms with E-state index in [0.29, 0.717) is 30.1 Å². The van der Waals surface area contributed by atoms with Gasteiger partial charge in [0.1, 0.15) is 11.6 Å². The molecule has 2 heterocycles. The van der Waals surface area contributed by atoms with Gasteiger partial charge in [-0.1, -0.05) is 36.8 Å². The van der Waals surface area contributed by atoms with Gasteiger partial charge >= 0.3 is 12.1 Å². The van der Waals surface area contributed by atoms with Crippen LogP contribution in [0.5, 0.6) is 0 Å². The molecule has 1 aromatic carbocycles. The summed E-state index contributed by atoms with van der Waals surface area (Å²) in [5, 5.41) is 3.67. The summed E-state index contributed by atoms with van der Waals surface area (Å²) < 4.78 is 45.6. The maximum Gasteiger partial charge on any atom is 0.418 e. The third kappa shape index (κ3) is 8.63. The number of alkyl halides is 3. The Kier molecular flexibility index (Phi) is 10.8. The van der Waals surface area contributed by atoms with Gasteiger partial charge in [0.05, 0.1) is 29.9 Å². The molecule has 3 aromatic rings. The maximum atomic E-state index is 13.6. The molecule has 0 unspecified atom stereocenters. The third-order valence-electron chi connectivity index (χ3n) is 5.97. The highest BCUT2D eigenvalue weighted by Gasteiger charge is 2.35. The average Bonchev–Trinajstić information content (AvgIpc) is 2.89. The van der Waals surface area contributed by atoms with Gasteiger partial charge in [0.15, 0.2) is 0 Å². The molecule has 0 amide bonds. The molecular formula is C27H32F3N5O2S. The average molecular weight is 548 g/mol. The molecule has 38 heavy (non-hydrogen) atoms. The Hall–Kier alpha value is -3.31. The summed E-state index contributed by atoms with van der Waals surface area (Å²) in [6.07, 6.45) is -1.43. The van der Waals surface area contributed by atoms with Crippen LogP contribution in [0.3, 0.4) is 0 Å². The lowest BCUT2D eigenvalue weighted by atomic mass is 9.96. The topological polar surface area (TPSA) is 93.4 Å². The number of pyridine rings is 2. The smallest absolute Gasteiger partial charge is 0.418 e. The van der Waals surface area contributed by atoms with E-state index in [9.17, 15) is 18.0 Å². The number of aryl methyl sites for hydroxylation is 1. The highest BCUT2D eigenvalue weighted by Crippen LogP contribution is 2.37. The zero-order valence-corrected chi connectivity index (χ0v) is 22.1. The Labute approximate surface area is 226 Å². The Morgan fingerprint density at radius 3 is 2.55 bits per heavy atom. The Morgan fingerprint density at radius 2 is 1.82 bits per heavy atom. The molecule has 0 saturated carbocycles. The van der Waals surface area contributed by atoms with Gasteiger partial charge in [-0.3, -0.25) is 4.79 Å². The van der Waals surface area contributed by atoms with E-state index in [1.807, 2.05) is 24.3 Å². The molecule has 0 aliphatic carbocycles. The van der Waals surface area contributed by atoms with Gasteiger partial charge in [0, 0.05) is 25.2 Å². The second-order valence-corrected chi connectivity index (χ2v) is 9.15. The molecule has 204 valence electrons. The molecule has 0 spiro atoms. The molecule has 0 fully saturated rings. The predicted octanol–water partition coefficient (Wildman–Crippen LogP) is 5.02. The highest BCUT2D eigenvalue weighted by molar-refractivity contribution is 7.80. The number of carbonyl (C=O) groups excluding carboxylic acids is 1. The molecule has 3 N–H and O–H groups in total. The lowest BCUT2D eigenvalue weighted by Gasteiger charge is -2.24. The Morgan fingerprint density at radius 1 is 1.03 bits per heavy atom. The van der Waals surface area contributed by atoms with Gasteiger partial charge in [-0.2, -0.15) is 13.2 Å². The molecule has 0 aliphatic heterocycles. The first-order valence-electron chi connectivity index (χ1n) is 12.3. The van der Waals surface area contributed by atoms with Crippen molar-refractivity contribution < 1.29 is 22.7 Å². The molecule has 2 aromatic heterocycles. The number of halogens is 3. The number of rotatable bonds is 13. The lowest BCUT2D eigenvalue weighted by Crippen LogP contribution is -2.35. The second-order valence-electron chi connectivity index (χ2n) is 8.69. The van der Waals surface area contributed by atoms with E-state index in [-0.39, 0.29) is 24.0 Å². The van der Waals surface area contributed by atoms with Crippen LogP contribution < -0.4 is 16.0 Å². The summed E-state index contributed by atoms with van der Waals surface area (Å²) in [4.78, 5) is 22.0. The van der Waals surface area contributed by atoms with Crippen molar-refractivity contribution in [3.63, 3.8) is 0 Å². The van der Waals surface area contributed by atoms with Crippen molar-refractivity contribution in [3.05, 3.63) is 65.7 Å². The summed E-state index contributed by atoms with van der Waals surface area (Å²) in [6.45, 7) is 2.05. The van der Waals surface area contributed by atoms with Crippen molar-refractivity contribution in [1.29, 1.82) is 0 Å². The van der Waals surface area contributed by atoms with Crippen molar-refractivity contribution in [2.45, 2.75) is 36.9 Å². The van der Waals surface area contributed by atoms with Gasteiger partial charge in [0.2, 0.25) is 0 Å².